The summed E-state index contributed by atoms with van der Waals surface area (Å²) in [6, 6.07) is 0. The topological polar surface area (TPSA) is 76.7 Å². The molecule has 0 radical (unpaired) electrons. The first kappa shape index (κ1) is 11.3. The quantitative estimate of drug-likeness (QED) is 0.871. The maximum atomic E-state index is 5.27. The smallest absolute Gasteiger partial charge is 0.227 e. The Hall–Kier alpha value is -1.82. The van der Waals surface area contributed by atoms with Crippen molar-refractivity contribution in [3.05, 3.63) is 24.5 Å². The van der Waals surface area contributed by atoms with E-state index in [1.165, 1.54) is 12.8 Å². The summed E-state index contributed by atoms with van der Waals surface area (Å²) < 4.78 is 5.27. The minimum Gasteiger partial charge on any atom is -0.339 e. The fraction of sp³-hybridized carbons (Fsp3) is 0.500. The Morgan fingerprint density at radius 3 is 3.17 bits per heavy atom. The van der Waals surface area contributed by atoms with Crippen molar-refractivity contribution >= 4 is 0 Å². The summed E-state index contributed by atoms with van der Waals surface area (Å²) in [6.07, 6.45) is 8.15. The predicted molar refractivity (Wildman–Crippen MR) is 64.6 cm³/mol. The Kier molecular flexibility index (Phi) is 3.27. The summed E-state index contributed by atoms with van der Waals surface area (Å²) in [5.74, 6) is 1.79. The van der Waals surface area contributed by atoms with Crippen molar-refractivity contribution in [3.63, 3.8) is 0 Å². The first-order chi connectivity index (χ1) is 8.92. The van der Waals surface area contributed by atoms with Gasteiger partial charge in [0, 0.05) is 18.8 Å². The molecule has 94 valence electrons. The van der Waals surface area contributed by atoms with Crippen LogP contribution in [0.1, 0.15) is 18.7 Å². The third-order valence-electron chi connectivity index (χ3n) is 3.12. The standard InChI is InChI=1S/C12H15N5O/c1-2-9(7-13-3-1)6-11-16-12(17-18-11)10-8-14-4-5-15-10/h4-5,8-9,13H,1-3,6-7H2. The Bertz CT molecular complexity index is 492. The average molecular weight is 245 g/mol. The molecule has 2 aromatic rings. The van der Waals surface area contributed by atoms with Gasteiger partial charge in [0.05, 0.1) is 6.20 Å². The van der Waals surface area contributed by atoms with Crippen molar-refractivity contribution in [2.24, 2.45) is 5.92 Å². The van der Waals surface area contributed by atoms with Gasteiger partial charge in [-0.3, -0.25) is 4.98 Å². The Morgan fingerprint density at radius 1 is 1.39 bits per heavy atom. The van der Waals surface area contributed by atoms with E-state index in [1.807, 2.05) is 0 Å². The minimum atomic E-state index is 0.516. The van der Waals surface area contributed by atoms with Crippen LogP contribution in [-0.4, -0.2) is 33.2 Å². The molecule has 0 bridgehead atoms. The molecule has 3 rings (SSSR count). The summed E-state index contributed by atoms with van der Waals surface area (Å²) in [4.78, 5) is 12.5. The van der Waals surface area contributed by atoms with E-state index >= 15 is 0 Å². The summed E-state index contributed by atoms with van der Waals surface area (Å²) in [5.41, 5.74) is 0.647. The lowest BCUT2D eigenvalue weighted by molar-refractivity contribution is 0.316. The van der Waals surface area contributed by atoms with E-state index in [9.17, 15) is 0 Å². The molecule has 1 aliphatic rings. The second kappa shape index (κ2) is 5.22. The molecular formula is C12H15N5O. The van der Waals surface area contributed by atoms with Crippen LogP contribution in [0.2, 0.25) is 0 Å². The highest BCUT2D eigenvalue weighted by Crippen LogP contribution is 2.17. The molecule has 1 saturated heterocycles. The molecule has 3 heterocycles. The summed E-state index contributed by atoms with van der Waals surface area (Å²) >= 11 is 0. The van der Waals surface area contributed by atoms with Crippen LogP contribution >= 0.6 is 0 Å². The van der Waals surface area contributed by atoms with Crippen molar-refractivity contribution in [3.8, 4) is 11.5 Å². The lowest BCUT2D eigenvalue weighted by Gasteiger charge is -2.20. The fourth-order valence-corrected chi connectivity index (χ4v) is 2.20. The highest BCUT2D eigenvalue weighted by Gasteiger charge is 2.17. The first-order valence-corrected chi connectivity index (χ1v) is 6.21. The number of nitrogens with zero attached hydrogens (tertiary/aromatic N) is 4. The molecule has 18 heavy (non-hydrogen) atoms. The molecule has 0 aliphatic carbocycles. The molecule has 1 unspecified atom stereocenters. The van der Waals surface area contributed by atoms with Crippen LogP contribution in [0, 0.1) is 5.92 Å². The zero-order chi connectivity index (χ0) is 12.2. The maximum Gasteiger partial charge on any atom is 0.227 e. The van der Waals surface area contributed by atoms with Gasteiger partial charge < -0.3 is 9.84 Å². The molecule has 6 heteroatoms. The van der Waals surface area contributed by atoms with Gasteiger partial charge in [-0.1, -0.05) is 5.16 Å². The third kappa shape index (κ3) is 2.53. The summed E-state index contributed by atoms with van der Waals surface area (Å²) in [7, 11) is 0. The van der Waals surface area contributed by atoms with E-state index < -0.39 is 0 Å². The van der Waals surface area contributed by atoms with Gasteiger partial charge in [-0.05, 0) is 31.8 Å². The third-order valence-corrected chi connectivity index (χ3v) is 3.12. The number of nitrogens with one attached hydrogen (secondary N) is 1. The highest BCUT2D eigenvalue weighted by molar-refractivity contribution is 5.45. The van der Waals surface area contributed by atoms with E-state index in [0.717, 1.165) is 19.5 Å². The second-order valence-electron chi connectivity index (χ2n) is 4.52. The minimum absolute atomic E-state index is 0.516. The van der Waals surface area contributed by atoms with Crippen molar-refractivity contribution in [2.45, 2.75) is 19.3 Å². The largest absolute Gasteiger partial charge is 0.339 e. The van der Waals surface area contributed by atoms with Crippen LogP contribution in [0.15, 0.2) is 23.1 Å². The fourth-order valence-electron chi connectivity index (χ4n) is 2.20. The van der Waals surface area contributed by atoms with Gasteiger partial charge in [0.1, 0.15) is 5.69 Å². The molecule has 0 amide bonds. The molecule has 2 aromatic heterocycles. The van der Waals surface area contributed by atoms with Gasteiger partial charge in [-0.15, -0.1) is 0 Å². The molecule has 1 atom stereocenters. The van der Waals surface area contributed by atoms with E-state index in [0.29, 0.717) is 23.3 Å². The van der Waals surface area contributed by atoms with E-state index in [-0.39, 0.29) is 0 Å². The van der Waals surface area contributed by atoms with Gasteiger partial charge >= 0.3 is 0 Å². The molecular weight excluding hydrogens is 230 g/mol. The highest BCUT2D eigenvalue weighted by atomic mass is 16.5. The van der Waals surface area contributed by atoms with Crippen molar-refractivity contribution in [1.29, 1.82) is 0 Å². The van der Waals surface area contributed by atoms with Gasteiger partial charge in [0.25, 0.3) is 0 Å². The number of hydrogen-bond donors (Lipinski definition) is 1. The van der Waals surface area contributed by atoms with Crippen molar-refractivity contribution < 1.29 is 4.52 Å². The van der Waals surface area contributed by atoms with E-state index in [4.69, 9.17) is 4.52 Å². The lowest BCUT2D eigenvalue weighted by atomic mass is 9.96. The average Bonchev–Trinajstić information content (AvgIpc) is 2.89. The summed E-state index contributed by atoms with van der Waals surface area (Å²) in [5, 5.41) is 7.32. The zero-order valence-corrected chi connectivity index (χ0v) is 10.0. The monoisotopic (exact) mass is 245 g/mol. The Balaban J connectivity index is 1.69. The summed E-state index contributed by atoms with van der Waals surface area (Å²) in [6.45, 7) is 2.15. The Labute approximate surface area is 105 Å². The predicted octanol–water partition coefficient (Wildman–Crippen LogP) is 1.07. The van der Waals surface area contributed by atoms with Crippen LogP contribution in [-0.2, 0) is 6.42 Å². The molecule has 0 aromatic carbocycles. The van der Waals surface area contributed by atoms with Crippen LogP contribution in [0.4, 0.5) is 0 Å². The van der Waals surface area contributed by atoms with Crippen LogP contribution in [0.25, 0.3) is 11.5 Å². The number of aromatic nitrogens is 4. The van der Waals surface area contributed by atoms with E-state index in [2.05, 4.69) is 25.4 Å². The maximum absolute atomic E-state index is 5.27. The molecule has 1 fully saturated rings. The van der Waals surface area contributed by atoms with Crippen LogP contribution < -0.4 is 5.32 Å². The van der Waals surface area contributed by atoms with Crippen molar-refractivity contribution in [2.75, 3.05) is 13.1 Å². The first-order valence-electron chi connectivity index (χ1n) is 6.21. The number of piperidine rings is 1. The zero-order valence-electron chi connectivity index (χ0n) is 10.0. The SMILES string of the molecule is c1cnc(-c2noc(CC3CCCNC3)n2)cn1. The molecule has 1 N–H and O–H groups in total. The second-order valence-corrected chi connectivity index (χ2v) is 4.52. The van der Waals surface area contributed by atoms with Crippen LogP contribution in [0.5, 0.6) is 0 Å². The van der Waals surface area contributed by atoms with Crippen molar-refractivity contribution in [1.82, 2.24) is 25.4 Å². The normalized spacial score (nSPS) is 19.9. The van der Waals surface area contributed by atoms with Gasteiger partial charge in [-0.2, -0.15) is 4.98 Å². The Morgan fingerprint density at radius 2 is 2.39 bits per heavy atom. The van der Waals surface area contributed by atoms with Gasteiger partial charge in [0.2, 0.25) is 11.7 Å². The lowest BCUT2D eigenvalue weighted by Crippen LogP contribution is -2.30. The number of hydrogen-bond acceptors (Lipinski definition) is 6. The number of rotatable bonds is 3. The molecule has 0 spiro atoms. The molecule has 6 nitrogen and oxygen atoms in total. The van der Waals surface area contributed by atoms with Gasteiger partial charge in [0.15, 0.2) is 0 Å². The molecule has 0 saturated carbocycles. The van der Waals surface area contributed by atoms with Gasteiger partial charge in [-0.25, -0.2) is 4.98 Å². The molecule has 1 aliphatic heterocycles. The van der Waals surface area contributed by atoms with E-state index in [1.54, 1.807) is 18.6 Å². The van der Waals surface area contributed by atoms with Crippen LogP contribution in [0.3, 0.4) is 0 Å².